The molecule has 0 aliphatic carbocycles. The summed E-state index contributed by atoms with van der Waals surface area (Å²) in [6.07, 6.45) is 1.45. The Morgan fingerprint density at radius 1 is 1.52 bits per heavy atom. The van der Waals surface area contributed by atoms with Crippen LogP contribution in [0.25, 0.3) is 0 Å². The monoisotopic (exact) mass is 342 g/mol. The first-order valence-electron chi connectivity index (χ1n) is 7.49. The van der Waals surface area contributed by atoms with Crippen LogP contribution >= 0.6 is 0 Å². The van der Waals surface area contributed by atoms with Gasteiger partial charge in [-0.15, -0.1) is 0 Å². The summed E-state index contributed by atoms with van der Waals surface area (Å²) in [7, 11) is -3.75. The lowest BCUT2D eigenvalue weighted by Crippen LogP contribution is -2.35. The van der Waals surface area contributed by atoms with Crippen LogP contribution in [0.1, 0.15) is 25.3 Å². The molecule has 1 amide bonds. The molecule has 1 aliphatic heterocycles. The van der Waals surface area contributed by atoms with Crippen molar-refractivity contribution in [3.63, 3.8) is 0 Å². The highest BCUT2D eigenvalue weighted by Crippen LogP contribution is 2.13. The number of carbonyl (C=O) groups is 1. The van der Waals surface area contributed by atoms with Crippen LogP contribution in [-0.2, 0) is 30.8 Å². The van der Waals surface area contributed by atoms with Crippen molar-refractivity contribution in [3.8, 4) is 0 Å². The molecule has 2 rings (SSSR count). The lowest BCUT2D eigenvalue weighted by molar-refractivity contribution is -0.133. The van der Waals surface area contributed by atoms with E-state index in [0.29, 0.717) is 12.2 Å². The minimum Gasteiger partial charge on any atom is -0.376 e. The smallest absolute Gasteiger partial charge is 0.249 e. The molecule has 0 aromatic heterocycles. The molecule has 2 atom stereocenters. The van der Waals surface area contributed by atoms with E-state index in [1.54, 1.807) is 19.1 Å². The summed E-state index contributed by atoms with van der Waals surface area (Å²) < 4.78 is 33.5. The van der Waals surface area contributed by atoms with Crippen LogP contribution in [0.2, 0.25) is 0 Å². The standard InChI is InChI=1S/C15H22N2O5S/c1-11(22-10-13-5-3-7-21-13)15(18)17-9-12-4-2-6-14(8-12)23(16,19)20/h2,4,6,8,11,13H,3,5,7,9-10H2,1H3,(H,17,18)(H2,16,19,20)/t11-,13+/m1/s1. The summed E-state index contributed by atoms with van der Waals surface area (Å²) in [6, 6.07) is 6.15. The molecule has 8 heteroatoms. The van der Waals surface area contributed by atoms with E-state index in [1.807, 2.05) is 0 Å². The Bertz CT molecular complexity index is 641. The van der Waals surface area contributed by atoms with Gasteiger partial charge in [0.25, 0.3) is 0 Å². The van der Waals surface area contributed by atoms with E-state index >= 15 is 0 Å². The molecule has 1 heterocycles. The molecule has 3 N–H and O–H groups in total. The largest absolute Gasteiger partial charge is 0.376 e. The lowest BCUT2D eigenvalue weighted by Gasteiger charge is -2.16. The third kappa shape index (κ3) is 5.58. The van der Waals surface area contributed by atoms with Crippen LogP contribution < -0.4 is 10.5 Å². The Hall–Kier alpha value is -1.48. The fourth-order valence-electron chi connectivity index (χ4n) is 2.27. The van der Waals surface area contributed by atoms with E-state index in [0.717, 1.165) is 19.4 Å². The molecule has 0 bridgehead atoms. The first-order valence-corrected chi connectivity index (χ1v) is 9.03. The molecule has 1 fully saturated rings. The van der Waals surface area contributed by atoms with E-state index < -0.39 is 16.1 Å². The number of benzene rings is 1. The second-order valence-electron chi connectivity index (χ2n) is 5.52. The van der Waals surface area contributed by atoms with Gasteiger partial charge < -0.3 is 14.8 Å². The zero-order valence-electron chi connectivity index (χ0n) is 13.0. The van der Waals surface area contributed by atoms with E-state index in [-0.39, 0.29) is 23.5 Å². The normalized spacial score (nSPS) is 19.5. The van der Waals surface area contributed by atoms with Crippen molar-refractivity contribution in [2.45, 2.75) is 43.4 Å². The minimum atomic E-state index is -3.75. The predicted molar refractivity (Wildman–Crippen MR) is 84.0 cm³/mol. The lowest BCUT2D eigenvalue weighted by atomic mass is 10.2. The topological polar surface area (TPSA) is 108 Å². The van der Waals surface area contributed by atoms with Gasteiger partial charge in [0.2, 0.25) is 15.9 Å². The molecule has 0 radical (unpaired) electrons. The average Bonchev–Trinajstić information content (AvgIpc) is 3.03. The quantitative estimate of drug-likeness (QED) is 0.752. The van der Waals surface area contributed by atoms with Crippen LogP contribution in [-0.4, -0.2) is 39.7 Å². The number of carbonyl (C=O) groups excluding carboxylic acids is 1. The molecule has 1 aromatic rings. The van der Waals surface area contributed by atoms with Crippen molar-refractivity contribution < 1.29 is 22.7 Å². The highest BCUT2D eigenvalue weighted by atomic mass is 32.2. The highest BCUT2D eigenvalue weighted by Gasteiger charge is 2.19. The van der Waals surface area contributed by atoms with Crippen molar-refractivity contribution in [3.05, 3.63) is 29.8 Å². The molecular weight excluding hydrogens is 320 g/mol. The molecule has 128 valence electrons. The number of ether oxygens (including phenoxy) is 2. The Balaban J connectivity index is 1.81. The van der Waals surface area contributed by atoms with E-state index in [2.05, 4.69) is 5.32 Å². The van der Waals surface area contributed by atoms with Crippen LogP contribution in [0.15, 0.2) is 29.2 Å². The van der Waals surface area contributed by atoms with Gasteiger partial charge in [0.1, 0.15) is 6.10 Å². The van der Waals surface area contributed by atoms with Gasteiger partial charge >= 0.3 is 0 Å². The van der Waals surface area contributed by atoms with Crippen molar-refractivity contribution in [2.24, 2.45) is 5.14 Å². The van der Waals surface area contributed by atoms with Crippen molar-refractivity contribution in [1.82, 2.24) is 5.32 Å². The van der Waals surface area contributed by atoms with Gasteiger partial charge in [-0.1, -0.05) is 12.1 Å². The Morgan fingerprint density at radius 3 is 2.96 bits per heavy atom. The number of amides is 1. The number of hydrogen-bond donors (Lipinski definition) is 2. The number of hydrogen-bond acceptors (Lipinski definition) is 5. The maximum Gasteiger partial charge on any atom is 0.249 e. The molecule has 0 unspecified atom stereocenters. The molecule has 0 saturated carbocycles. The van der Waals surface area contributed by atoms with E-state index in [4.69, 9.17) is 14.6 Å². The second kappa shape index (κ2) is 7.87. The second-order valence-corrected chi connectivity index (χ2v) is 7.08. The van der Waals surface area contributed by atoms with Gasteiger partial charge in [-0.3, -0.25) is 4.79 Å². The summed E-state index contributed by atoms with van der Waals surface area (Å²) in [5.41, 5.74) is 0.649. The first kappa shape index (κ1) is 17.9. The van der Waals surface area contributed by atoms with Crippen LogP contribution in [0.4, 0.5) is 0 Å². The van der Waals surface area contributed by atoms with Crippen molar-refractivity contribution >= 4 is 15.9 Å². The summed E-state index contributed by atoms with van der Waals surface area (Å²) in [6.45, 7) is 3.02. The molecule has 23 heavy (non-hydrogen) atoms. The fraction of sp³-hybridized carbons (Fsp3) is 0.533. The SMILES string of the molecule is C[C@@H](OC[C@@H]1CCCO1)C(=O)NCc1cccc(S(N)(=O)=O)c1. The molecule has 1 aliphatic rings. The summed E-state index contributed by atoms with van der Waals surface area (Å²) in [4.78, 5) is 12.0. The molecule has 1 aromatic carbocycles. The number of nitrogens with one attached hydrogen (secondary N) is 1. The maximum absolute atomic E-state index is 12.0. The van der Waals surface area contributed by atoms with Gasteiger partial charge in [-0.25, -0.2) is 13.6 Å². The van der Waals surface area contributed by atoms with Crippen molar-refractivity contribution in [2.75, 3.05) is 13.2 Å². The Labute approximate surface area is 136 Å². The summed E-state index contributed by atoms with van der Waals surface area (Å²) in [5.74, 6) is -0.260. The summed E-state index contributed by atoms with van der Waals surface area (Å²) in [5, 5.41) is 7.79. The van der Waals surface area contributed by atoms with Gasteiger partial charge in [-0.2, -0.15) is 0 Å². The van der Waals surface area contributed by atoms with E-state index in [1.165, 1.54) is 12.1 Å². The van der Waals surface area contributed by atoms with Gasteiger partial charge in [-0.05, 0) is 37.5 Å². The molecule has 1 saturated heterocycles. The predicted octanol–water partition coefficient (Wildman–Crippen LogP) is 0.534. The third-order valence-electron chi connectivity index (χ3n) is 3.62. The molecule has 7 nitrogen and oxygen atoms in total. The highest BCUT2D eigenvalue weighted by molar-refractivity contribution is 7.89. The number of primary sulfonamides is 1. The molecular formula is C15H22N2O5S. The number of rotatable bonds is 7. The minimum absolute atomic E-state index is 0.0203. The van der Waals surface area contributed by atoms with Gasteiger partial charge in [0, 0.05) is 13.2 Å². The van der Waals surface area contributed by atoms with Gasteiger partial charge in [0.05, 0.1) is 17.6 Å². The summed E-state index contributed by atoms with van der Waals surface area (Å²) >= 11 is 0. The Kier molecular flexibility index (Phi) is 6.11. The van der Waals surface area contributed by atoms with Crippen LogP contribution in [0.5, 0.6) is 0 Å². The molecule has 0 spiro atoms. The zero-order chi connectivity index (χ0) is 16.9. The zero-order valence-corrected chi connectivity index (χ0v) is 13.8. The fourth-order valence-corrected chi connectivity index (χ4v) is 2.85. The Morgan fingerprint density at radius 2 is 2.30 bits per heavy atom. The van der Waals surface area contributed by atoms with Gasteiger partial charge in [0.15, 0.2) is 0 Å². The first-order chi connectivity index (χ1) is 10.9. The van der Waals surface area contributed by atoms with E-state index in [9.17, 15) is 13.2 Å². The van der Waals surface area contributed by atoms with Crippen molar-refractivity contribution in [1.29, 1.82) is 0 Å². The van der Waals surface area contributed by atoms with Crippen LogP contribution in [0.3, 0.4) is 0 Å². The third-order valence-corrected chi connectivity index (χ3v) is 4.53. The number of sulfonamides is 1. The maximum atomic E-state index is 12.0. The van der Waals surface area contributed by atoms with Crippen LogP contribution in [0, 0.1) is 0 Å². The average molecular weight is 342 g/mol. The number of nitrogens with two attached hydrogens (primary N) is 1.